The standard InChI is InChI=1S/C18H16ClN3O3/c1-2-22-15-8-7-11(9-14(15)21-17(24)18(22)25)16(23)20-10-12-5-3-4-6-13(12)19/h3-9H,2,10H2,1H3,(H,20,23)(H,21,24). The molecule has 128 valence electrons. The van der Waals surface area contributed by atoms with Gasteiger partial charge in [0.15, 0.2) is 0 Å². The molecule has 0 fully saturated rings. The molecule has 0 spiro atoms. The summed E-state index contributed by atoms with van der Waals surface area (Å²) in [5, 5.41) is 3.37. The van der Waals surface area contributed by atoms with Gasteiger partial charge < -0.3 is 14.9 Å². The van der Waals surface area contributed by atoms with Crippen LogP contribution in [-0.4, -0.2) is 15.5 Å². The summed E-state index contributed by atoms with van der Waals surface area (Å²) >= 11 is 6.07. The van der Waals surface area contributed by atoms with Gasteiger partial charge in [0.25, 0.3) is 5.91 Å². The van der Waals surface area contributed by atoms with Crippen LogP contribution in [0.4, 0.5) is 0 Å². The first kappa shape index (κ1) is 17.0. The maximum atomic E-state index is 12.4. The molecule has 1 aromatic heterocycles. The molecule has 0 aliphatic rings. The smallest absolute Gasteiger partial charge is 0.316 e. The van der Waals surface area contributed by atoms with Crippen LogP contribution in [-0.2, 0) is 13.1 Å². The minimum Gasteiger partial charge on any atom is -0.348 e. The van der Waals surface area contributed by atoms with Crippen molar-refractivity contribution in [1.29, 1.82) is 0 Å². The summed E-state index contributed by atoms with van der Waals surface area (Å²) in [5.41, 5.74) is 0.906. The van der Waals surface area contributed by atoms with E-state index in [4.69, 9.17) is 11.6 Å². The van der Waals surface area contributed by atoms with Gasteiger partial charge in [-0.25, -0.2) is 0 Å². The lowest BCUT2D eigenvalue weighted by molar-refractivity contribution is 0.0951. The van der Waals surface area contributed by atoms with Crippen molar-refractivity contribution in [2.45, 2.75) is 20.0 Å². The zero-order valence-electron chi connectivity index (χ0n) is 13.5. The fourth-order valence-corrected chi connectivity index (χ4v) is 2.86. The molecule has 2 aromatic carbocycles. The molecule has 25 heavy (non-hydrogen) atoms. The second-order valence-electron chi connectivity index (χ2n) is 5.51. The van der Waals surface area contributed by atoms with Crippen molar-refractivity contribution in [1.82, 2.24) is 14.9 Å². The van der Waals surface area contributed by atoms with Crippen molar-refractivity contribution in [3.63, 3.8) is 0 Å². The van der Waals surface area contributed by atoms with E-state index in [1.165, 1.54) is 4.57 Å². The van der Waals surface area contributed by atoms with Gasteiger partial charge in [-0.2, -0.15) is 0 Å². The lowest BCUT2D eigenvalue weighted by atomic mass is 10.1. The van der Waals surface area contributed by atoms with Gasteiger partial charge in [-0.3, -0.25) is 14.4 Å². The molecule has 0 saturated heterocycles. The molecule has 0 aliphatic heterocycles. The average Bonchev–Trinajstić information content (AvgIpc) is 2.61. The van der Waals surface area contributed by atoms with Crippen LogP contribution in [0.25, 0.3) is 11.0 Å². The quantitative estimate of drug-likeness (QED) is 0.703. The van der Waals surface area contributed by atoms with Crippen molar-refractivity contribution in [3.05, 3.63) is 79.3 Å². The molecular formula is C18H16ClN3O3. The zero-order chi connectivity index (χ0) is 18.0. The summed E-state index contributed by atoms with van der Waals surface area (Å²) in [7, 11) is 0. The van der Waals surface area contributed by atoms with Gasteiger partial charge in [0, 0.05) is 23.7 Å². The fourth-order valence-electron chi connectivity index (χ4n) is 2.65. The van der Waals surface area contributed by atoms with Crippen LogP contribution in [0, 0.1) is 0 Å². The third-order valence-corrected chi connectivity index (χ3v) is 4.32. The maximum Gasteiger partial charge on any atom is 0.316 e. The highest BCUT2D eigenvalue weighted by Crippen LogP contribution is 2.15. The molecule has 0 atom stereocenters. The Morgan fingerprint density at radius 1 is 1.20 bits per heavy atom. The Kier molecular flexibility index (Phi) is 4.72. The number of amides is 1. The van der Waals surface area contributed by atoms with Crippen LogP contribution >= 0.6 is 11.6 Å². The van der Waals surface area contributed by atoms with Gasteiger partial charge in [-0.1, -0.05) is 29.8 Å². The number of nitrogens with one attached hydrogen (secondary N) is 2. The van der Waals surface area contributed by atoms with E-state index in [-0.39, 0.29) is 5.91 Å². The maximum absolute atomic E-state index is 12.4. The minimum absolute atomic E-state index is 0.293. The van der Waals surface area contributed by atoms with E-state index in [2.05, 4.69) is 10.3 Å². The largest absolute Gasteiger partial charge is 0.348 e. The molecule has 0 saturated carbocycles. The van der Waals surface area contributed by atoms with E-state index in [9.17, 15) is 14.4 Å². The minimum atomic E-state index is -0.706. The van der Waals surface area contributed by atoms with Crippen LogP contribution in [0.15, 0.2) is 52.1 Å². The second-order valence-corrected chi connectivity index (χ2v) is 5.92. The van der Waals surface area contributed by atoms with Crippen molar-refractivity contribution < 1.29 is 4.79 Å². The van der Waals surface area contributed by atoms with Gasteiger partial charge in [0.2, 0.25) is 0 Å². The molecule has 3 rings (SSSR count). The lowest BCUT2D eigenvalue weighted by Crippen LogP contribution is -2.36. The predicted octanol–water partition coefficient (Wildman–Crippen LogP) is 2.29. The summed E-state index contributed by atoms with van der Waals surface area (Å²) in [6.07, 6.45) is 0. The van der Waals surface area contributed by atoms with Crippen LogP contribution < -0.4 is 16.4 Å². The number of aromatic amines is 1. The molecule has 0 unspecified atom stereocenters. The predicted molar refractivity (Wildman–Crippen MR) is 97.1 cm³/mol. The molecule has 0 aliphatic carbocycles. The van der Waals surface area contributed by atoms with E-state index < -0.39 is 11.1 Å². The topological polar surface area (TPSA) is 84.0 Å². The third-order valence-electron chi connectivity index (χ3n) is 3.95. The number of carbonyl (C=O) groups is 1. The fraction of sp³-hybridized carbons (Fsp3) is 0.167. The normalized spacial score (nSPS) is 10.8. The van der Waals surface area contributed by atoms with E-state index in [0.29, 0.717) is 34.7 Å². The molecule has 7 heteroatoms. The number of rotatable bonds is 4. The number of H-pyrrole nitrogens is 1. The monoisotopic (exact) mass is 357 g/mol. The number of aromatic nitrogens is 2. The van der Waals surface area contributed by atoms with Gasteiger partial charge in [0.1, 0.15) is 0 Å². The van der Waals surface area contributed by atoms with Gasteiger partial charge >= 0.3 is 11.1 Å². The SMILES string of the molecule is CCn1c(=O)c(=O)[nH]c2cc(C(=O)NCc3ccccc3Cl)ccc21. The van der Waals surface area contributed by atoms with Crippen molar-refractivity contribution in [2.75, 3.05) is 0 Å². The molecule has 1 heterocycles. The molecule has 3 aromatic rings. The van der Waals surface area contributed by atoms with Gasteiger partial charge in [-0.15, -0.1) is 0 Å². The summed E-state index contributed by atoms with van der Waals surface area (Å²) in [4.78, 5) is 38.5. The molecule has 2 N–H and O–H groups in total. The molecular weight excluding hydrogens is 342 g/mol. The Hall–Kier alpha value is -2.86. The highest BCUT2D eigenvalue weighted by molar-refractivity contribution is 6.31. The molecule has 0 radical (unpaired) electrons. The number of hydrogen-bond acceptors (Lipinski definition) is 3. The Bertz CT molecular complexity index is 1070. The van der Waals surface area contributed by atoms with Gasteiger partial charge in [-0.05, 0) is 36.8 Å². The van der Waals surface area contributed by atoms with E-state index >= 15 is 0 Å². The number of benzene rings is 2. The first-order chi connectivity index (χ1) is 12.0. The van der Waals surface area contributed by atoms with Crippen molar-refractivity contribution >= 4 is 28.5 Å². The zero-order valence-corrected chi connectivity index (χ0v) is 14.3. The second kappa shape index (κ2) is 6.94. The Balaban J connectivity index is 1.90. The Morgan fingerprint density at radius 3 is 2.68 bits per heavy atom. The number of halogens is 1. The number of carbonyl (C=O) groups excluding carboxylic acids is 1. The van der Waals surface area contributed by atoms with Gasteiger partial charge in [0.05, 0.1) is 11.0 Å². The summed E-state index contributed by atoms with van der Waals surface area (Å²) < 4.78 is 1.37. The van der Waals surface area contributed by atoms with E-state index in [0.717, 1.165) is 5.56 Å². The number of nitrogens with zero attached hydrogens (tertiary/aromatic N) is 1. The Morgan fingerprint density at radius 2 is 1.96 bits per heavy atom. The number of hydrogen-bond donors (Lipinski definition) is 2. The van der Waals surface area contributed by atoms with Crippen LogP contribution in [0.5, 0.6) is 0 Å². The van der Waals surface area contributed by atoms with Crippen LogP contribution in [0.2, 0.25) is 5.02 Å². The summed E-state index contributed by atoms with van der Waals surface area (Å²) in [6, 6.07) is 12.1. The van der Waals surface area contributed by atoms with Crippen LogP contribution in [0.1, 0.15) is 22.8 Å². The first-order valence-corrected chi connectivity index (χ1v) is 8.17. The molecule has 6 nitrogen and oxygen atoms in total. The van der Waals surface area contributed by atoms with Crippen molar-refractivity contribution in [3.8, 4) is 0 Å². The third kappa shape index (κ3) is 3.34. The average molecular weight is 358 g/mol. The first-order valence-electron chi connectivity index (χ1n) is 7.79. The van der Waals surface area contributed by atoms with Crippen LogP contribution in [0.3, 0.4) is 0 Å². The van der Waals surface area contributed by atoms with Crippen molar-refractivity contribution in [2.24, 2.45) is 0 Å². The highest BCUT2D eigenvalue weighted by atomic mass is 35.5. The Labute approximate surface area is 148 Å². The van der Waals surface area contributed by atoms with E-state index in [1.807, 2.05) is 18.2 Å². The molecule has 0 bridgehead atoms. The highest BCUT2D eigenvalue weighted by Gasteiger charge is 2.11. The number of fused-ring (bicyclic) bond motifs is 1. The summed E-state index contributed by atoms with van der Waals surface area (Å²) in [5.74, 6) is -0.295. The summed E-state index contributed by atoms with van der Waals surface area (Å²) in [6.45, 7) is 2.45. The lowest BCUT2D eigenvalue weighted by Gasteiger charge is -2.10. The molecule has 1 amide bonds. The number of aryl methyl sites for hydroxylation is 1. The van der Waals surface area contributed by atoms with E-state index in [1.54, 1.807) is 31.2 Å².